The first-order valence-electron chi connectivity index (χ1n) is 5.25. The van der Waals surface area contributed by atoms with Crippen LogP contribution < -0.4 is 0 Å². The highest BCUT2D eigenvalue weighted by Crippen LogP contribution is 2.44. The van der Waals surface area contributed by atoms with Gasteiger partial charge in [-0.2, -0.15) is 12.6 Å². The van der Waals surface area contributed by atoms with E-state index in [1.165, 1.54) is 23.4 Å². The van der Waals surface area contributed by atoms with Crippen LogP contribution in [0.15, 0.2) is 18.6 Å². The normalized spacial score (nSPS) is 15.3. The van der Waals surface area contributed by atoms with Gasteiger partial charge in [-0.1, -0.05) is 0 Å². The van der Waals surface area contributed by atoms with Crippen molar-refractivity contribution in [3.05, 3.63) is 29.2 Å². The van der Waals surface area contributed by atoms with Gasteiger partial charge in [0.15, 0.2) is 0 Å². The Bertz CT molecular complexity index is 491. The predicted molar refractivity (Wildman–Crippen MR) is 67.8 cm³/mol. The molecule has 0 spiro atoms. The molecular formula is C11H11N3S2. The van der Waals surface area contributed by atoms with E-state index < -0.39 is 0 Å². The number of hydrogen-bond donors (Lipinski definition) is 1. The molecule has 0 unspecified atom stereocenters. The molecule has 0 aliphatic heterocycles. The summed E-state index contributed by atoms with van der Waals surface area (Å²) >= 11 is 6.05. The fourth-order valence-electron chi connectivity index (χ4n) is 1.67. The highest BCUT2D eigenvalue weighted by molar-refractivity contribution is 7.79. The van der Waals surface area contributed by atoms with Crippen molar-refractivity contribution < 1.29 is 0 Å². The predicted octanol–water partition coefficient (Wildman–Crippen LogP) is 2.91. The zero-order valence-corrected chi connectivity index (χ0v) is 10.3. The molecule has 5 heteroatoms. The minimum absolute atomic E-state index is 0.670. The van der Waals surface area contributed by atoms with Gasteiger partial charge in [0.05, 0.1) is 11.9 Å². The van der Waals surface area contributed by atoms with Gasteiger partial charge in [-0.15, -0.1) is 11.3 Å². The van der Waals surface area contributed by atoms with Crippen LogP contribution in [-0.2, 0) is 5.75 Å². The van der Waals surface area contributed by atoms with Crippen LogP contribution in [0, 0.1) is 0 Å². The number of thiol groups is 1. The summed E-state index contributed by atoms with van der Waals surface area (Å²) in [7, 11) is 0. The van der Waals surface area contributed by atoms with Crippen molar-refractivity contribution >= 4 is 24.0 Å². The molecule has 0 aromatic carbocycles. The summed E-state index contributed by atoms with van der Waals surface area (Å²) in [4.78, 5) is 14.3. The second-order valence-electron chi connectivity index (χ2n) is 3.85. The Morgan fingerprint density at radius 1 is 1.38 bits per heavy atom. The molecule has 2 heterocycles. The maximum absolute atomic E-state index is 4.68. The van der Waals surface area contributed by atoms with Crippen LogP contribution in [0.2, 0.25) is 0 Å². The van der Waals surface area contributed by atoms with E-state index in [2.05, 4.69) is 27.6 Å². The van der Waals surface area contributed by atoms with Gasteiger partial charge in [0.1, 0.15) is 10.7 Å². The molecule has 0 saturated heterocycles. The van der Waals surface area contributed by atoms with Gasteiger partial charge in [-0.3, -0.25) is 9.97 Å². The summed E-state index contributed by atoms with van der Waals surface area (Å²) in [6.07, 6.45) is 7.68. The second kappa shape index (κ2) is 4.14. The molecule has 1 fully saturated rings. The summed E-state index contributed by atoms with van der Waals surface area (Å²) < 4.78 is 0. The van der Waals surface area contributed by atoms with Crippen LogP contribution >= 0.6 is 24.0 Å². The number of nitrogens with zero attached hydrogens (tertiary/aromatic N) is 3. The van der Waals surface area contributed by atoms with Crippen molar-refractivity contribution in [1.82, 2.24) is 15.0 Å². The summed E-state index contributed by atoms with van der Waals surface area (Å²) in [5, 5.41) is 0.971. The molecule has 82 valence electrons. The smallest absolute Gasteiger partial charge is 0.144 e. The van der Waals surface area contributed by atoms with Crippen molar-refractivity contribution in [3.8, 4) is 10.7 Å². The lowest BCUT2D eigenvalue weighted by Gasteiger charge is -1.93. The topological polar surface area (TPSA) is 38.7 Å². The lowest BCUT2D eigenvalue weighted by atomic mass is 10.3. The third-order valence-corrected chi connectivity index (χ3v) is 4.24. The van der Waals surface area contributed by atoms with E-state index in [4.69, 9.17) is 0 Å². The van der Waals surface area contributed by atoms with Gasteiger partial charge in [-0.25, -0.2) is 4.98 Å². The largest absolute Gasteiger partial charge is 0.261 e. The summed E-state index contributed by atoms with van der Waals surface area (Å²) in [6, 6.07) is 0. The van der Waals surface area contributed by atoms with Crippen molar-refractivity contribution in [2.45, 2.75) is 24.5 Å². The number of rotatable bonds is 3. The second-order valence-corrected chi connectivity index (χ2v) is 5.25. The standard InChI is InChI=1S/C11H11N3S2/c15-6-9-10(7-1-2-7)14-11(16-9)8-5-12-3-4-13-8/h3-5,7,15H,1-2,6H2. The van der Waals surface area contributed by atoms with Gasteiger partial charge < -0.3 is 0 Å². The number of thiazole rings is 1. The maximum Gasteiger partial charge on any atom is 0.144 e. The molecule has 0 amide bonds. The number of aromatic nitrogens is 3. The Balaban J connectivity index is 2.02. The molecule has 0 N–H and O–H groups in total. The van der Waals surface area contributed by atoms with E-state index in [0.29, 0.717) is 5.92 Å². The first-order chi connectivity index (χ1) is 7.88. The lowest BCUT2D eigenvalue weighted by molar-refractivity contribution is 1.03. The average molecular weight is 249 g/mol. The Hall–Kier alpha value is -0.940. The summed E-state index contributed by atoms with van der Waals surface area (Å²) in [5.41, 5.74) is 2.10. The summed E-state index contributed by atoms with van der Waals surface area (Å²) in [5.74, 6) is 1.44. The third-order valence-electron chi connectivity index (χ3n) is 2.62. The van der Waals surface area contributed by atoms with E-state index in [1.54, 1.807) is 29.9 Å². The van der Waals surface area contributed by atoms with Crippen LogP contribution in [0.5, 0.6) is 0 Å². The van der Waals surface area contributed by atoms with Crippen LogP contribution in [0.25, 0.3) is 10.7 Å². The fraction of sp³-hybridized carbons (Fsp3) is 0.364. The molecule has 3 nitrogen and oxygen atoms in total. The van der Waals surface area contributed by atoms with Gasteiger partial charge >= 0.3 is 0 Å². The highest BCUT2D eigenvalue weighted by Gasteiger charge is 2.29. The minimum Gasteiger partial charge on any atom is -0.261 e. The molecule has 1 aliphatic carbocycles. The number of hydrogen-bond acceptors (Lipinski definition) is 5. The molecule has 1 saturated carbocycles. The Morgan fingerprint density at radius 3 is 2.88 bits per heavy atom. The quantitative estimate of drug-likeness (QED) is 0.850. The molecule has 2 aromatic rings. The van der Waals surface area contributed by atoms with Crippen LogP contribution in [0.4, 0.5) is 0 Å². The third kappa shape index (κ3) is 1.85. The minimum atomic E-state index is 0.670. The first-order valence-corrected chi connectivity index (χ1v) is 6.70. The first kappa shape index (κ1) is 10.2. The molecule has 0 radical (unpaired) electrons. The van der Waals surface area contributed by atoms with Gasteiger partial charge in [-0.05, 0) is 12.8 Å². The van der Waals surface area contributed by atoms with E-state index in [-0.39, 0.29) is 0 Å². The van der Waals surface area contributed by atoms with Crippen LogP contribution in [0.3, 0.4) is 0 Å². The van der Waals surface area contributed by atoms with Crippen molar-refractivity contribution in [2.24, 2.45) is 0 Å². The van der Waals surface area contributed by atoms with Crippen molar-refractivity contribution in [1.29, 1.82) is 0 Å². The molecule has 3 rings (SSSR count). The van der Waals surface area contributed by atoms with Crippen LogP contribution in [0.1, 0.15) is 29.3 Å². The Labute approximate surface area is 103 Å². The van der Waals surface area contributed by atoms with Crippen LogP contribution in [-0.4, -0.2) is 15.0 Å². The average Bonchev–Trinajstić information content (AvgIpc) is 3.10. The van der Waals surface area contributed by atoms with E-state index in [9.17, 15) is 0 Å². The van der Waals surface area contributed by atoms with Gasteiger partial charge in [0.2, 0.25) is 0 Å². The van der Waals surface area contributed by atoms with E-state index >= 15 is 0 Å². The molecule has 16 heavy (non-hydrogen) atoms. The Kier molecular flexibility index (Phi) is 2.65. The molecule has 2 aromatic heterocycles. The lowest BCUT2D eigenvalue weighted by Crippen LogP contribution is -1.86. The zero-order valence-electron chi connectivity index (χ0n) is 8.63. The zero-order chi connectivity index (χ0) is 11.0. The van der Waals surface area contributed by atoms with Crippen molar-refractivity contribution in [2.75, 3.05) is 0 Å². The highest BCUT2D eigenvalue weighted by atomic mass is 32.1. The SMILES string of the molecule is SCc1sc(-c2cnccn2)nc1C1CC1. The maximum atomic E-state index is 4.68. The molecule has 1 aliphatic rings. The van der Waals surface area contributed by atoms with E-state index in [0.717, 1.165) is 16.5 Å². The van der Waals surface area contributed by atoms with Gasteiger partial charge in [0, 0.05) is 28.9 Å². The molecule has 0 atom stereocenters. The van der Waals surface area contributed by atoms with E-state index in [1.807, 2.05) is 0 Å². The fourth-order valence-corrected chi connectivity index (χ4v) is 3.00. The molecular weight excluding hydrogens is 238 g/mol. The summed E-state index contributed by atoms with van der Waals surface area (Å²) in [6.45, 7) is 0. The monoisotopic (exact) mass is 249 g/mol. The molecule has 0 bridgehead atoms. The Morgan fingerprint density at radius 2 is 2.25 bits per heavy atom. The van der Waals surface area contributed by atoms with Gasteiger partial charge in [0.25, 0.3) is 0 Å². The van der Waals surface area contributed by atoms with Crippen molar-refractivity contribution in [3.63, 3.8) is 0 Å².